The van der Waals surface area contributed by atoms with Crippen LogP contribution in [0.3, 0.4) is 0 Å². The lowest BCUT2D eigenvalue weighted by Gasteiger charge is -2.32. The second kappa shape index (κ2) is 7.71. The van der Waals surface area contributed by atoms with Crippen LogP contribution < -0.4 is 5.73 Å². The molecule has 5 nitrogen and oxygen atoms in total. The van der Waals surface area contributed by atoms with Crippen molar-refractivity contribution in [3.8, 4) is 0 Å². The number of piperidine rings is 1. The van der Waals surface area contributed by atoms with Crippen molar-refractivity contribution in [1.82, 2.24) is 9.80 Å². The standard InChI is InChI=1S/C13H27N3O2/c1-11(14)3-8-16(9-10-17)13(18)12-4-6-15(2)7-5-12/h11-12,17H,3-10,14H2,1-2H3. The number of carbonyl (C=O) groups is 1. The first-order valence-electron chi connectivity index (χ1n) is 6.88. The first-order valence-corrected chi connectivity index (χ1v) is 6.88. The van der Waals surface area contributed by atoms with Crippen molar-refractivity contribution in [3.63, 3.8) is 0 Å². The molecule has 0 saturated carbocycles. The molecule has 1 rings (SSSR count). The predicted molar refractivity (Wildman–Crippen MR) is 72.2 cm³/mol. The predicted octanol–water partition coefficient (Wildman–Crippen LogP) is -0.114. The highest BCUT2D eigenvalue weighted by Gasteiger charge is 2.27. The van der Waals surface area contributed by atoms with Gasteiger partial charge >= 0.3 is 0 Å². The molecule has 3 N–H and O–H groups in total. The quantitative estimate of drug-likeness (QED) is 0.696. The molecule has 0 spiro atoms. The third-order valence-corrected chi connectivity index (χ3v) is 3.60. The van der Waals surface area contributed by atoms with Crippen LogP contribution in [-0.2, 0) is 4.79 Å². The van der Waals surface area contributed by atoms with Gasteiger partial charge in [0.15, 0.2) is 0 Å². The van der Waals surface area contributed by atoms with Crippen molar-refractivity contribution >= 4 is 5.91 Å². The highest BCUT2D eigenvalue weighted by molar-refractivity contribution is 5.79. The van der Waals surface area contributed by atoms with E-state index in [1.54, 1.807) is 4.90 Å². The molecule has 0 aromatic carbocycles. The minimum absolute atomic E-state index is 0.0251. The number of nitrogens with two attached hydrogens (primary N) is 1. The molecule has 0 aromatic rings. The van der Waals surface area contributed by atoms with E-state index in [9.17, 15) is 4.79 Å². The van der Waals surface area contributed by atoms with Gasteiger partial charge in [-0.2, -0.15) is 0 Å². The van der Waals surface area contributed by atoms with E-state index < -0.39 is 0 Å². The molecule has 0 aliphatic carbocycles. The number of aliphatic hydroxyl groups is 1. The monoisotopic (exact) mass is 257 g/mol. The Morgan fingerprint density at radius 2 is 2.06 bits per heavy atom. The average molecular weight is 257 g/mol. The molecule has 1 aliphatic rings. The molecule has 106 valence electrons. The number of hydrogen-bond acceptors (Lipinski definition) is 4. The molecule has 1 amide bonds. The van der Waals surface area contributed by atoms with E-state index >= 15 is 0 Å². The zero-order valence-electron chi connectivity index (χ0n) is 11.6. The number of likely N-dealkylation sites (tertiary alicyclic amines) is 1. The average Bonchev–Trinajstić information content (AvgIpc) is 2.34. The van der Waals surface area contributed by atoms with Crippen LogP contribution in [0.2, 0.25) is 0 Å². The number of aliphatic hydroxyl groups excluding tert-OH is 1. The highest BCUT2D eigenvalue weighted by atomic mass is 16.3. The Labute approximate surface area is 110 Å². The van der Waals surface area contributed by atoms with Gasteiger partial charge in [0.05, 0.1) is 6.61 Å². The lowest BCUT2D eigenvalue weighted by Crippen LogP contribution is -2.43. The first-order chi connectivity index (χ1) is 8.54. The Bertz CT molecular complexity index is 251. The smallest absolute Gasteiger partial charge is 0.225 e. The van der Waals surface area contributed by atoms with Crippen molar-refractivity contribution in [1.29, 1.82) is 0 Å². The molecule has 0 aromatic heterocycles. The van der Waals surface area contributed by atoms with Crippen LogP contribution in [0.4, 0.5) is 0 Å². The molecular weight excluding hydrogens is 230 g/mol. The Hall–Kier alpha value is -0.650. The fraction of sp³-hybridized carbons (Fsp3) is 0.923. The molecular formula is C13H27N3O2. The largest absolute Gasteiger partial charge is 0.395 e. The summed E-state index contributed by atoms with van der Waals surface area (Å²) in [6.07, 6.45) is 2.64. The molecule has 18 heavy (non-hydrogen) atoms. The van der Waals surface area contributed by atoms with Crippen LogP contribution in [0.15, 0.2) is 0 Å². The minimum Gasteiger partial charge on any atom is -0.395 e. The Kier molecular flexibility index (Phi) is 6.60. The van der Waals surface area contributed by atoms with Crippen molar-refractivity contribution in [2.75, 3.05) is 39.8 Å². The van der Waals surface area contributed by atoms with Crippen molar-refractivity contribution in [2.45, 2.75) is 32.2 Å². The van der Waals surface area contributed by atoms with Gasteiger partial charge in [0.25, 0.3) is 0 Å². The van der Waals surface area contributed by atoms with Gasteiger partial charge < -0.3 is 20.6 Å². The lowest BCUT2D eigenvalue weighted by molar-refractivity contribution is -0.137. The molecule has 1 heterocycles. The van der Waals surface area contributed by atoms with Crippen molar-refractivity contribution in [3.05, 3.63) is 0 Å². The number of hydrogen-bond donors (Lipinski definition) is 2. The number of amides is 1. The molecule has 1 saturated heterocycles. The zero-order valence-corrected chi connectivity index (χ0v) is 11.6. The lowest BCUT2D eigenvalue weighted by atomic mass is 9.95. The summed E-state index contributed by atoms with van der Waals surface area (Å²) in [6, 6.07) is 0.0940. The van der Waals surface area contributed by atoms with Crippen molar-refractivity contribution in [2.24, 2.45) is 11.7 Å². The summed E-state index contributed by atoms with van der Waals surface area (Å²) in [5, 5.41) is 9.06. The summed E-state index contributed by atoms with van der Waals surface area (Å²) in [5.74, 6) is 0.318. The van der Waals surface area contributed by atoms with E-state index in [0.29, 0.717) is 13.1 Å². The van der Waals surface area contributed by atoms with E-state index in [-0.39, 0.29) is 24.5 Å². The van der Waals surface area contributed by atoms with Gasteiger partial charge in [-0.1, -0.05) is 0 Å². The van der Waals surface area contributed by atoms with Gasteiger partial charge in [-0.3, -0.25) is 4.79 Å². The fourth-order valence-electron chi connectivity index (χ4n) is 2.33. The first kappa shape index (κ1) is 15.4. The van der Waals surface area contributed by atoms with Crippen LogP contribution in [0.25, 0.3) is 0 Å². The Morgan fingerprint density at radius 3 is 2.56 bits per heavy atom. The molecule has 1 atom stereocenters. The summed E-state index contributed by atoms with van der Waals surface area (Å²) in [6.45, 7) is 5.02. The minimum atomic E-state index is 0.0251. The molecule has 0 bridgehead atoms. The maximum atomic E-state index is 12.4. The zero-order chi connectivity index (χ0) is 13.5. The van der Waals surface area contributed by atoms with E-state index in [2.05, 4.69) is 11.9 Å². The molecule has 5 heteroatoms. The summed E-state index contributed by atoms with van der Waals surface area (Å²) < 4.78 is 0. The highest BCUT2D eigenvalue weighted by Crippen LogP contribution is 2.18. The topological polar surface area (TPSA) is 69.8 Å². The summed E-state index contributed by atoms with van der Waals surface area (Å²) in [4.78, 5) is 16.4. The summed E-state index contributed by atoms with van der Waals surface area (Å²) in [7, 11) is 2.09. The van der Waals surface area contributed by atoms with Crippen LogP contribution in [0, 0.1) is 5.92 Å². The Balaban J connectivity index is 2.47. The van der Waals surface area contributed by atoms with E-state index in [0.717, 1.165) is 32.4 Å². The van der Waals surface area contributed by atoms with Crippen LogP contribution >= 0.6 is 0 Å². The second-order valence-electron chi connectivity index (χ2n) is 5.39. The normalized spacial score (nSPS) is 19.8. The fourth-order valence-corrected chi connectivity index (χ4v) is 2.33. The summed E-state index contributed by atoms with van der Waals surface area (Å²) >= 11 is 0. The van der Waals surface area contributed by atoms with Gasteiger partial charge in [0.2, 0.25) is 5.91 Å². The van der Waals surface area contributed by atoms with Crippen LogP contribution in [0.1, 0.15) is 26.2 Å². The number of nitrogens with zero attached hydrogens (tertiary/aromatic N) is 2. The van der Waals surface area contributed by atoms with Crippen LogP contribution in [-0.4, -0.2) is 66.7 Å². The van der Waals surface area contributed by atoms with E-state index in [1.807, 2.05) is 6.92 Å². The van der Waals surface area contributed by atoms with Gasteiger partial charge in [-0.15, -0.1) is 0 Å². The van der Waals surface area contributed by atoms with Gasteiger partial charge in [-0.05, 0) is 46.3 Å². The molecule has 1 unspecified atom stereocenters. The third-order valence-electron chi connectivity index (χ3n) is 3.60. The van der Waals surface area contributed by atoms with Gasteiger partial charge in [0.1, 0.15) is 0 Å². The Morgan fingerprint density at radius 1 is 1.44 bits per heavy atom. The van der Waals surface area contributed by atoms with E-state index in [1.165, 1.54) is 0 Å². The molecule has 0 radical (unpaired) electrons. The van der Waals surface area contributed by atoms with Gasteiger partial charge in [0, 0.05) is 25.0 Å². The second-order valence-corrected chi connectivity index (χ2v) is 5.39. The summed E-state index contributed by atoms with van der Waals surface area (Å²) in [5.41, 5.74) is 5.73. The maximum absolute atomic E-state index is 12.4. The maximum Gasteiger partial charge on any atom is 0.225 e. The third kappa shape index (κ3) is 4.92. The number of rotatable bonds is 6. The molecule has 1 aliphatic heterocycles. The SMILES string of the molecule is CC(N)CCN(CCO)C(=O)C1CCN(C)CC1. The molecule has 1 fully saturated rings. The number of carbonyl (C=O) groups excluding carboxylic acids is 1. The van der Waals surface area contributed by atoms with Crippen molar-refractivity contribution < 1.29 is 9.90 Å². The van der Waals surface area contributed by atoms with Gasteiger partial charge in [-0.25, -0.2) is 0 Å². The van der Waals surface area contributed by atoms with E-state index in [4.69, 9.17) is 10.8 Å². The van der Waals surface area contributed by atoms with Crippen LogP contribution in [0.5, 0.6) is 0 Å².